The summed E-state index contributed by atoms with van der Waals surface area (Å²) in [6.07, 6.45) is 2.33. The Morgan fingerprint density at radius 2 is 2.12 bits per heavy atom. The fraction of sp³-hybridized carbons (Fsp3) is 0.667. The summed E-state index contributed by atoms with van der Waals surface area (Å²) < 4.78 is 5.57. The number of aliphatic carboxylic acids is 1. The van der Waals surface area contributed by atoms with Gasteiger partial charge in [0.2, 0.25) is 0 Å². The molecule has 1 aromatic rings. The first-order valence-corrected chi connectivity index (χ1v) is 5.97. The van der Waals surface area contributed by atoms with Gasteiger partial charge in [-0.15, -0.1) is 0 Å². The van der Waals surface area contributed by atoms with Crippen LogP contribution >= 0.6 is 0 Å². The summed E-state index contributed by atoms with van der Waals surface area (Å²) in [7, 11) is 0. The third-order valence-corrected chi connectivity index (χ3v) is 3.19. The number of aryl methyl sites for hydroxylation is 2. The molecule has 0 aliphatic carbocycles. The van der Waals surface area contributed by atoms with E-state index in [9.17, 15) is 4.79 Å². The maximum Gasteiger partial charge on any atom is 0.305 e. The van der Waals surface area contributed by atoms with Gasteiger partial charge in [-0.3, -0.25) is 9.69 Å². The fourth-order valence-electron chi connectivity index (χ4n) is 2.46. The summed E-state index contributed by atoms with van der Waals surface area (Å²) in [5.41, 5.74) is 0.806. The van der Waals surface area contributed by atoms with E-state index in [0.717, 1.165) is 31.6 Å². The normalized spacial score (nSPS) is 18.5. The van der Waals surface area contributed by atoms with Gasteiger partial charge in [0.25, 0.3) is 0 Å². The van der Waals surface area contributed by atoms with E-state index in [1.807, 2.05) is 6.92 Å². The molecule has 0 amide bonds. The van der Waals surface area contributed by atoms with Crippen LogP contribution < -0.4 is 0 Å². The summed E-state index contributed by atoms with van der Waals surface area (Å²) in [5, 5.41) is 9.01. The van der Waals surface area contributed by atoms with Crippen molar-refractivity contribution >= 4 is 5.97 Å². The zero-order valence-electron chi connectivity index (χ0n) is 10.3. The van der Waals surface area contributed by atoms with Gasteiger partial charge in [-0.25, -0.2) is 4.98 Å². The van der Waals surface area contributed by atoms with E-state index < -0.39 is 5.97 Å². The third-order valence-electron chi connectivity index (χ3n) is 3.19. The molecule has 94 valence electrons. The molecular weight excluding hydrogens is 220 g/mol. The molecule has 2 rings (SSSR count). The van der Waals surface area contributed by atoms with E-state index in [1.54, 1.807) is 6.92 Å². The quantitative estimate of drug-likeness (QED) is 0.867. The monoisotopic (exact) mass is 238 g/mol. The number of rotatable bonds is 4. The van der Waals surface area contributed by atoms with Gasteiger partial charge in [0.1, 0.15) is 5.76 Å². The van der Waals surface area contributed by atoms with Gasteiger partial charge in [-0.1, -0.05) is 0 Å². The molecule has 1 fully saturated rings. The molecule has 0 saturated carbocycles. The molecule has 0 radical (unpaired) electrons. The first-order chi connectivity index (χ1) is 8.08. The first kappa shape index (κ1) is 12.1. The Hall–Kier alpha value is -1.36. The molecule has 0 bridgehead atoms. The molecule has 1 aromatic heterocycles. The van der Waals surface area contributed by atoms with Gasteiger partial charge in [0, 0.05) is 6.92 Å². The van der Waals surface area contributed by atoms with E-state index in [-0.39, 0.29) is 12.5 Å². The highest BCUT2D eigenvalue weighted by atomic mass is 16.4. The number of hydrogen-bond acceptors (Lipinski definition) is 4. The van der Waals surface area contributed by atoms with Crippen LogP contribution in [0.4, 0.5) is 0 Å². The zero-order valence-corrected chi connectivity index (χ0v) is 10.3. The number of carboxylic acid groups (broad SMARTS) is 1. The second-order valence-electron chi connectivity index (χ2n) is 4.54. The van der Waals surface area contributed by atoms with E-state index >= 15 is 0 Å². The minimum Gasteiger partial charge on any atom is -0.481 e. The van der Waals surface area contributed by atoms with Crippen LogP contribution in [0.1, 0.15) is 42.6 Å². The Morgan fingerprint density at radius 3 is 2.59 bits per heavy atom. The van der Waals surface area contributed by atoms with E-state index in [2.05, 4.69) is 9.88 Å². The van der Waals surface area contributed by atoms with Crippen molar-refractivity contribution in [3.8, 4) is 0 Å². The number of carboxylic acids is 1. The second-order valence-corrected chi connectivity index (χ2v) is 4.54. The van der Waals surface area contributed by atoms with Crippen molar-refractivity contribution in [1.29, 1.82) is 0 Å². The van der Waals surface area contributed by atoms with Crippen LogP contribution in [0.3, 0.4) is 0 Å². The van der Waals surface area contributed by atoms with Crippen molar-refractivity contribution < 1.29 is 14.3 Å². The Bertz CT molecular complexity index is 408. The molecule has 1 saturated heterocycles. The fourth-order valence-corrected chi connectivity index (χ4v) is 2.46. The summed E-state index contributed by atoms with van der Waals surface area (Å²) in [4.78, 5) is 17.4. The van der Waals surface area contributed by atoms with Gasteiger partial charge in [-0.2, -0.15) is 0 Å². The molecule has 5 heteroatoms. The highest BCUT2D eigenvalue weighted by Gasteiger charge is 2.30. The number of hydrogen-bond donors (Lipinski definition) is 1. The number of likely N-dealkylation sites (tertiary alicyclic amines) is 1. The van der Waals surface area contributed by atoms with Crippen LogP contribution in [0, 0.1) is 13.8 Å². The summed E-state index contributed by atoms with van der Waals surface area (Å²) in [6.45, 7) is 5.54. The highest BCUT2D eigenvalue weighted by Crippen LogP contribution is 2.30. The molecule has 0 spiro atoms. The Balaban J connectivity index is 2.25. The van der Waals surface area contributed by atoms with Crippen LogP contribution in [-0.4, -0.2) is 34.0 Å². The van der Waals surface area contributed by atoms with Crippen molar-refractivity contribution in [3.05, 3.63) is 17.3 Å². The number of carbonyl (C=O) groups is 1. The minimum absolute atomic E-state index is 0.0788. The van der Waals surface area contributed by atoms with Crippen molar-refractivity contribution in [2.75, 3.05) is 13.1 Å². The maximum absolute atomic E-state index is 11.0. The van der Waals surface area contributed by atoms with Crippen molar-refractivity contribution in [2.24, 2.45) is 0 Å². The summed E-state index contributed by atoms with van der Waals surface area (Å²) in [5.74, 6) is 0.522. The van der Waals surface area contributed by atoms with Gasteiger partial charge in [0.15, 0.2) is 5.89 Å². The van der Waals surface area contributed by atoms with Gasteiger partial charge >= 0.3 is 5.97 Å². The zero-order chi connectivity index (χ0) is 12.4. The molecule has 1 atom stereocenters. The predicted octanol–water partition coefficient (Wildman–Crippen LogP) is 1.90. The summed E-state index contributed by atoms with van der Waals surface area (Å²) in [6, 6.07) is -0.170. The maximum atomic E-state index is 11.0. The molecular formula is C12H18N2O3. The largest absolute Gasteiger partial charge is 0.481 e. The first-order valence-electron chi connectivity index (χ1n) is 5.97. The lowest BCUT2D eigenvalue weighted by Crippen LogP contribution is -2.27. The lowest BCUT2D eigenvalue weighted by atomic mass is 10.1. The highest BCUT2D eigenvalue weighted by molar-refractivity contribution is 5.67. The van der Waals surface area contributed by atoms with Gasteiger partial charge in [-0.05, 0) is 32.9 Å². The van der Waals surface area contributed by atoms with E-state index in [0.29, 0.717) is 11.7 Å². The Kier molecular flexibility index (Phi) is 3.47. The van der Waals surface area contributed by atoms with Crippen LogP contribution in [0.5, 0.6) is 0 Å². The van der Waals surface area contributed by atoms with Gasteiger partial charge < -0.3 is 9.52 Å². The average molecular weight is 238 g/mol. The second kappa shape index (κ2) is 4.87. The van der Waals surface area contributed by atoms with Crippen LogP contribution in [-0.2, 0) is 4.79 Å². The molecule has 1 unspecified atom stereocenters. The number of nitrogens with zero attached hydrogens (tertiary/aromatic N) is 2. The van der Waals surface area contributed by atoms with E-state index in [4.69, 9.17) is 9.52 Å². The Morgan fingerprint density at radius 1 is 1.47 bits per heavy atom. The van der Waals surface area contributed by atoms with Crippen LogP contribution in [0.2, 0.25) is 0 Å². The molecule has 1 N–H and O–H groups in total. The SMILES string of the molecule is Cc1nc(C)c(C(CC(=O)O)N2CCCC2)o1. The molecule has 2 heterocycles. The molecule has 1 aliphatic rings. The smallest absolute Gasteiger partial charge is 0.305 e. The molecule has 17 heavy (non-hydrogen) atoms. The lowest BCUT2D eigenvalue weighted by molar-refractivity contribution is -0.138. The number of oxazole rings is 1. The van der Waals surface area contributed by atoms with E-state index in [1.165, 1.54) is 0 Å². The topological polar surface area (TPSA) is 66.6 Å². The lowest BCUT2D eigenvalue weighted by Gasteiger charge is -2.24. The molecule has 0 aromatic carbocycles. The predicted molar refractivity (Wildman–Crippen MR) is 61.8 cm³/mol. The van der Waals surface area contributed by atoms with Crippen LogP contribution in [0.25, 0.3) is 0 Å². The van der Waals surface area contributed by atoms with Crippen molar-refractivity contribution in [1.82, 2.24) is 9.88 Å². The molecule has 1 aliphatic heterocycles. The van der Waals surface area contributed by atoms with Crippen molar-refractivity contribution in [2.45, 2.75) is 39.2 Å². The standard InChI is InChI=1S/C12H18N2O3/c1-8-12(17-9(2)13-8)10(7-11(15)16)14-5-3-4-6-14/h10H,3-7H2,1-2H3,(H,15,16). The number of aromatic nitrogens is 1. The average Bonchev–Trinajstić information content (AvgIpc) is 2.84. The Labute approximate surface area is 100 Å². The van der Waals surface area contributed by atoms with Gasteiger partial charge in [0.05, 0.1) is 18.2 Å². The minimum atomic E-state index is -0.796. The third kappa shape index (κ3) is 2.66. The molecule has 5 nitrogen and oxygen atoms in total. The van der Waals surface area contributed by atoms with Crippen LogP contribution in [0.15, 0.2) is 4.42 Å². The summed E-state index contributed by atoms with van der Waals surface area (Å²) >= 11 is 0. The van der Waals surface area contributed by atoms with Crippen molar-refractivity contribution in [3.63, 3.8) is 0 Å².